The molecule has 0 saturated heterocycles. The van der Waals surface area contributed by atoms with Gasteiger partial charge in [0.25, 0.3) is 0 Å². The smallest absolute Gasteiger partial charge is 0.329 e. The number of amides is 4. The number of allylic oxidation sites excluding steroid dienone is 2. The van der Waals surface area contributed by atoms with Crippen molar-refractivity contribution in [2.45, 2.75) is 25.3 Å². The molecule has 0 bridgehead atoms. The van der Waals surface area contributed by atoms with E-state index in [1.807, 2.05) is 31.2 Å². The molecule has 1 atom stereocenters. The van der Waals surface area contributed by atoms with Gasteiger partial charge in [0.2, 0.25) is 0 Å². The number of benzene rings is 1. The van der Waals surface area contributed by atoms with Gasteiger partial charge < -0.3 is 21.4 Å². The van der Waals surface area contributed by atoms with Crippen LogP contribution in [0.2, 0.25) is 0 Å². The highest BCUT2D eigenvalue weighted by molar-refractivity contribution is 5.99. The van der Waals surface area contributed by atoms with Crippen LogP contribution in [-0.2, 0) is 0 Å². The third-order valence-electron chi connectivity index (χ3n) is 5.09. The third-order valence-corrected chi connectivity index (χ3v) is 5.09. The third kappa shape index (κ3) is 4.04. The zero-order valence-corrected chi connectivity index (χ0v) is 16.5. The van der Waals surface area contributed by atoms with Crippen LogP contribution in [0.3, 0.4) is 0 Å². The van der Waals surface area contributed by atoms with E-state index in [1.54, 1.807) is 36.7 Å². The molecule has 2 heterocycles. The summed E-state index contributed by atoms with van der Waals surface area (Å²) in [6.07, 6.45) is 14.3. The van der Waals surface area contributed by atoms with Crippen molar-refractivity contribution in [3.8, 4) is 0 Å². The fourth-order valence-corrected chi connectivity index (χ4v) is 3.34. The second-order valence-electron chi connectivity index (χ2n) is 7.06. The molecule has 1 aliphatic carbocycles. The molecule has 0 aromatic heterocycles. The first kappa shape index (κ1) is 19.3. The summed E-state index contributed by atoms with van der Waals surface area (Å²) in [5, 5.41) is 8.69. The highest BCUT2D eigenvalue weighted by atomic mass is 16.2. The second kappa shape index (κ2) is 8.16. The minimum atomic E-state index is -0.366. The van der Waals surface area contributed by atoms with Gasteiger partial charge in [-0.25, -0.2) is 19.5 Å². The first-order valence-electron chi connectivity index (χ1n) is 9.68. The Balaban J connectivity index is 1.34. The van der Waals surface area contributed by atoms with Gasteiger partial charge in [-0.15, -0.1) is 0 Å². The molecular formula is C21H23N7O2. The standard InChI is InChI=1S/C21H23N7O2/c1-2-21(10-4-3-5-11-21)26-19(29)24-15-6-8-16(9-7-15)25-20(30)28-14-22-12-17-18(28)13-23-27-17/h3-10,12-14,23,27H,2,11H2,1H3,(H,25,30)(H2,24,26,29)/t21-/m1/s1. The van der Waals surface area contributed by atoms with Crippen molar-refractivity contribution >= 4 is 29.8 Å². The average Bonchev–Trinajstić information content (AvgIpc) is 3.24. The number of hydrogen-bond acceptors (Lipinski definition) is 5. The van der Waals surface area contributed by atoms with Gasteiger partial charge >= 0.3 is 12.1 Å². The number of aliphatic imine (C=N–C) groups is 1. The molecule has 0 fully saturated rings. The monoisotopic (exact) mass is 405 g/mol. The maximum atomic E-state index is 12.6. The SMILES string of the molecule is CC[C@@]1(NC(=O)Nc2ccc(NC(=O)N3C=NC=C4NNC=C43)cc2)C=CC=CC1. The van der Waals surface area contributed by atoms with Crippen molar-refractivity contribution in [3.63, 3.8) is 0 Å². The lowest BCUT2D eigenvalue weighted by atomic mass is 9.89. The van der Waals surface area contributed by atoms with E-state index >= 15 is 0 Å². The molecule has 5 N–H and O–H groups in total. The van der Waals surface area contributed by atoms with Crippen LogP contribution in [0.4, 0.5) is 21.0 Å². The van der Waals surface area contributed by atoms with Gasteiger partial charge in [0.1, 0.15) is 6.34 Å². The molecule has 154 valence electrons. The molecular weight excluding hydrogens is 382 g/mol. The number of fused-ring (bicyclic) bond motifs is 1. The van der Waals surface area contributed by atoms with Crippen molar-refractivity contribution in [1.29, 1.82) is 0 Å². The first-order chi connectivity index (χ1) is 14.6. The van der Waals surface area contributed by atoms with E-state index in [2.05, 4.69) is 31.8 Å². The molecule has 2 aliphatic heterocycles. The van der Waals surface area contributed by atoms with Crippen LogP contribution in [0, 0.1) is 0 Å². The topological polar surface area (TPSA) is 110 Å². The Hall–Kier alpha value is -4.01. The Kier molecular flexibility index (Phi) is 5.25. The Bertz CT molecular complexity index is 991. The summed E-state index contributed by atoms with van der Waals surface area (Å²) in [6.45, 7) is 2.04. The maximum absolute atomic E-state index is 12.6. The largest absolute Gasteiger partial charge is 0.331 e. The summed E-state index contributed by atoms with van der Waals surface area (Å²) in [5.41, 5.74) is 7.99. The number of nitrogens with zero attached hydrogens (tertiary/aromatic N) is 2. The Morgan fingerprint density at radius 3 is 2.63 bits per heavy atom. The Morgan fingerprint density at radius 2 is 1.93 bits per heavy atom. The van der Waals surface area contributed by atoms with Crippen molar-refractivity contribution in [1.82, 2.24) is 21.1 Å². The summed E-state index contributed by atoms with van der Waals surface area (Å²) in [4.78, 5) is 30.4. The lowest BCUT2D eigenvalue weighted by Gasteiger charge is -2.31. The molecule has 0 unspecified atom stereocenters. The zero-order valence-electron chi connectivity index (χ0n) is 16.5. The fraction of sp³-hybridized carbons (Fsp3) is 0.190. The minimum Gasteiger partial charge on any atom is -0.329 e. The van der Waals surface area contributed by atoms with Gasteiger partial charge in [-0.1, -0.05) is 31.2 Å². The molecule has 0 spiro atoms. The van der Waals surface area contributed by atoms with E-state index in [0.29, 0.717) is 22.8 Å². The van der Waals surface area contributed by atoms with E-state index in [0.717, 1.165) is 12.8 Å². The fourth-order valence-electron chi connectivity index (χ4n) is 3.34. The molecule has 0 radical (unpaired) electrons. The summed E-state index contributed by atoms with van der Waals surface area (Å²) >= 11 is 0. The molecule has 1 aromatic carbocycles. The van der Waals surface area contributed by atoms with Crippen LogP contribution in [0.5, 0.6) is 0 Å². The van der Waals surface area contributed by atoms with Gasteiger partial charge in [0, 0.05) is 17.6 Å². The van der Waals surface area contributed by atoms with E-state index in [9.17, 15) is 9.59 Å². The highest BCUT2D eigenvalue weighted by Crippen LogP contribution is 2.23. The Morgan fingerprint density at radius 1 is 1.17 bits per heavy atom. The van der Waals surface area contributed by atoms with Crippen LogP contribution in [0.15, 0.2) is 77.4 Å². The van der Waals surface area contributed by atoms with Gasteiger partial charge in [-0.3, -0.25) is 5.43 Å². The predicted molar refractivity (Wildman–Crippen MR) is 116 cm³/mol. The van der Waals surface area contributed by atoms with Crippen LogP contribution < -0.4 is 26.8 Å². The van der Waals surface area contributed by atoms with Gasteiger partial charge in [0.05, 0.1) is 23.1 Å². The van der Waals surface area contributed by atoms with Gasteiger partial charge in [0.15, 0.2) is 0 Å². The number of rotatable bonds is 4. The summed E-state index contributed by atoms with van der Waals surface area (Å²) in [5.74, 6) is 0. The molecule has 9 heteroatoms. The Labute approximate surface area is 174 Å². The normalized spacial score (nSPS) is 21.0. The molecule has 9 nitrogen and oxygen atoms in total. The lowest BCUT2D eigenvalue weighted by Crippen LogP contribution is -2.48. The summed E-state index contributed by atoms with van der Waals surface area (Å²) < 4.78 is 0. The molecule has 1 aromatic rings. The molecule has 4 amide bonds. The predicted octanol–water partition coefficient (Wildman–Crippen LogP) is 3.14. The molecule has 4 rings (SSSR count). The maximum Gasteiger partial charge on any atom is 0.331 e. The van der Waals surface area contributed by atoms with Gasteiger partial charge in [-0.2, -0.15) is 0 Å². The van der Waals surface area contributed by atoms with Crippen molar-refractivity contribution in [3.05, 3.63) is 72.4 Å². The highest BCUT2D eigenvalue weighted by Gasteiger charge is 2.27. The number of carbonyl (C=O) groups excluding carboxylic acids is 2. The number of urea groups is 2. The number of carbonyl (C=O) groups is 2. The summed E-state index contributed by atoms with van der Waals surface area (Å²) in [6, 6.07) is 6.30. The van der Waals surface area contributed by atoms with E-state index in [-0.39, 0.29) is 17.6 Å². The van der Waals surface area contributed by atoms with Crippen LogP contribution in [0.1, 0.15) is 19.8 Å². The molecule has 30 heavy (non-hydrogen) atoms. The lowest BCUT2D eigenvalue weighted by molar-refractivity contribution is 0.240. The van der Waals surface area contributed by atoms with Crippen molar-refractivity contribution < 1.29 is 9.59 Å². The quantitative estimate of drug-likeness (QED) is 0.530. The van der Waals surface area contributed by atoms with E-state index in [1.165, 1.54) is 11.2 Å². The molecule has 3 aliphatic rings. The van der Waals surface area contributed by atoms with Crippen LogP contribution in [-0.4, -0.2) is 28.8 Å². The number of hydrogen-bond donors (Lipinski definition) is 5. The average molecular weight is 405 g/mol. The minimum absolute atomic E-state index is 0.273. The zero-order chi connectivity index (χ0) is 21.0. The van der Waals surface area contributed by atoms with Crippen molar-refractivity contribution in [2.24, 2.45) is 4.99 Å². The van der Waals surface area contributed by atoms with Gasteiger partial charge in [-0.05, 0) is 37.1 Å². The first-order valence-corrected chi connectivity index (χ1v) is 9.68. The van der Waals surface area contributed by atoms with Crippen LogP contribution >= 0.6 is 0 Å². The molecule has 0 saturated carbocycles. The number of hydrazine groups is 1. The number of anilines is 2. The van der Waals surface area contributed by atoms with Crippen molar-refractivity contribution in [2.75, 3.05) is 10.6 Å². The van der Waals surface area contributed by atoms with E-state index in [4.69, 9.17) is 0 Å². The second-order valence-corrected chi connectivity index (χ2v) is 7.06. The van der Waals surface area contributed by atoms with E-state index < -0.39 is 0 Å². The van der Waals surface area contributed by atoms with Crippen LogP contribution in [0.25, 0.3) is 0 Å². The number of nitrogens with one attached hydrogen (secondary N) is 5. The summed E-state index contributed by atoms with van der Waals surface area (Å²) in [7, 11) is 0.